The molecule has 0 aliphatic rings. The van der Waals surface area contributed by atoms with Crippen LogP contribution in [0.3, 0.4) is 0 Å². The number of hydrogen-bond donors (Lipinski definition) is 0. The molecule has 0 saturated heterocycles. The van der Waals surface area contributed by atoms with Crippen molar-refractivity contribution in [3.63, 3.8) is 0 Å². The number of carbonyl (C=O) groups excluding carboxylic acids is 1. The summed E-state index contributed by atoms with van der Waals surface area (Å²) < 4.78 is 12.2. The van der Waals surface area contributed by atoms with Crippen molar-refractivity contribution in [2.24, 2.45) is 0 Å². The van der Waals surface area contributed by atoms with Gasteiger partial charge in [-0.05, 0) is 43.3 Å². The summed E-state index contributed by atoms with van der Waals surface area (Å²) >= 11 is 5.86. The molecule has 3 heterocycles. The maximum atomic E-state index is 12.2. The fraction of sp³-hybridized carbons (Fsp3) is 0.111. The summed E-state index contributed by atoms with van der Waals surface area (Å²) in [6, 6.07) is 12.7. The molecule has 0 fully saturated rings. The second kappa shape index (κ2) is 6.61. The molecular formula is C18H13ClN4O3. The van der Waals surface area contributed by atoms with Gasteiger partial charge in [0.25, 0.3) is 5.89 Å². The van der Waals surface area contributed by atoms with Gasteiger partial charge < -0.3 is 13.7 Å². The lowest BCUT2D eigenvalue weighted by molar-refractivity contribution is 0.0423. The van der Waals surface area contributed by atoms with Crippen LogP contribution in [0.1, 0.15) is 22.1 Å². The topological polar surface area (TPSA) is 82.5 Å². The minimum Gasteiger partial charge on any atom is -0.451 e. The van der Waals surface area contributed by atoms with E-state index in [9.17, 15) is 4.79 Å². The Hall–Kier alpha value is -3.19. The summed E-state index contributed by atoms with van der Waals surface area (Å²) in [7, 11) is 0. The van der Waals surface area contributed by atoms with Crippen LogP contribution in [0, 0.1) is 6.92 Å². The molecule has 0 radical (unpaired) electrons. The molecule has 0 saturated carbocycles. The largest absolute Gasteiger partial charge is 0.451 e. The van der Waals surface area contributed by atoms with Crippen molar-refractivity contribution >= 4 is 23.2 Å². The summed E-state index contributed by atoms with van der Waals surface area (Å²) in [5.41, 5.74) is 2.63. The van der Waals surface area contributed by atoms with Gasteiger partial charge in [0.2, 0.25) is 5.82 Å². The van der Waals surface area contributed by atoms with Gasteiger partial charge >= 0.3 is 5.97 Å². The molecule has 3 aromatic heterocycles. The van der Waals surface area contributed by atoms with Gasteiger partial charge in [-0.3, -0.25) is 0 Å². The first-order valence-electron chi connectivity index (χ1n) is 7.80. The smallest absolute Gasteiger partial charge is 0.359 e. The molecule has 8 heteroatoms. The average Bonchev–Trinajstić information content (AvgIpc) is 3.28. The van der Waals surface area contributed by atoms with Gasteiger partial charge in [0.1, 0.15) is 5.65 Å². The number of nitrogens with zero attached hydrogens (tertiary/aromatic N) is 4. The number of carbonyl (C=O) groups is 1. The van der Waals surface area contributed by atoms with Gasteiger partial charge in [-0.25, -0.2) is 9.78 Å². The lowest BCUT2D eigenvalue weighted by Crippen LogP contribution is -2.05. The number of halogens is 1. The molecule has 4 aromatic rings. The van der Waals surface area contributed by atoms with Crippen molar-refractivity contribution in [3.8, 4) is 11.4 Å². The molecule has 130 valence electrons. The van der Waals surface area contributed by atoms with Crippen LogP contribution in [0.5, 0.6) is 0 Å². The Bertz CT molecular complexity index is 1090. The molecule has 0 bridgehead atoms. The van der Waals surface area contributed by atoms with Crippen molar-refractivity contribution < 1.29 is 14.1 Å². The zero-order chi connectivity index (χ0) is 18.1. The predicted octanol–water partition coefficient (Wildman–Crippen LogP) is 3.70. The van der Waals surface area contributed by atoms with E-state index >= 15 is 0 Å². The van der Waals surface area contributed by atoms with E-state index in [2.05, 4.69) is 15.1 Å². The summed E-state index contributed by atoms with van der Waals surface area (Å²) in [5.74, 6) is 0.0404. The number of hydrogen-bond acceptors (Lipinski definition) is 6. The number of aryl methyl sites for hydroxylation is 1. The van der Waals surface area contributed by atoms with Crippen molar-refractivity contribution in [2.45, 2.75) is 13.5 Å². The Balaban J connectivity index is 1.46. The van der Waals surface area contributed by atoms with Crippen LogP contribution in [0.2, 0.25) is 5.02 Å². The molecule has 0 aliphatic heterocycles. The number of imidazole rings is 1. The first-order chi connectivity index (χ1) is 12.6. The van der Waals surface area contributed by atoms with Gasteiger partial charge in [-0.15, -0.1) is 0 Å². The van der Waals surface area contributed by atoms with E-state index in [1.807, 2.05) is 29.5 Å². The number of pyridine rings is 1. The highest BCUT2D eigenvalue weighted by Gasteiger charge is 2.15. The number of aromatic nitrogens is 4. The lowest BCUT2D eigenvalue weighted by atomic mass is 10.2. The van der Waals surface area contributed by atoms with E-state index in [0.717, 1.165) is 11.3 Å². The Morgan fingerprint density at radius 2 is 2.00 bits per heavy atom. The fourth-order valence-electron chi connectivity index (χ4n) is 2.48. The van der Waals surface area contributed by atoms with Gasteiger partial charge in [0.15, 0.2) is 12.3 Å². The van der Waals surface area contributed by atoms with Crippen LogP contribution in [0.15, 0.2) is 53.2 Å². The lowest BCUT2D eigenvalue weighted by Gasteiger charge is -1.98. The van der Waals surface area contributed by atoms with E-state index in [0.29, 0.717) is 16.5 Å². The summed E-state index contributed by atoms with van der Waals surface area (Å²) in [5, 5.41) is 4.49. The van der Waals surface area contributed by atoms with E-state index in [-0.39, 0.29) is 18.2 Å². The maximum absolute atomic E-state index is 12.2. The van der Waals surface area contributed by atoms with E-state index in [1.54, 1.807) is 30.5 Å². The number of ether oxygens (including phenoxy) is 1. The SMILES string of the molecule is Cc1cccc2nc(C(=O)OCc3nc(-c4ccc(Cl)cc4)no3)cn12. The van der Waals surface area contributed by atoms with Gasteiger partial charge in [0, 0.05) is 22.5 Å². The first-order valence-corrected chi connectivity index (χ1v) is 8.18. The Kier molecular flexibility index (Phi) is 4.14. The van der Waals surface area contributed by atoms with Crippen molar-refractivity contribution in [2.75, 3.05) is 0 Å². The van der Waals surface area contributed by atoms with E-state index in [4.69, 9.17) is 20.9 Å². The first kappa shape index (κ1) is 16.3. The number of fused-ring (bicyclic) bond motifs is 1. The summed E-state index contributed by atoms with van der Waals surface area (Å²) in [6.07, 6.45) is 1.64. The standard InChI is InChI=1S/C18H13ClN4O3/c1-11-3-2-4-15-20-14(9-23(11)15)18(24)25-10-16-21-17(22-26-16)12-5-7-13(19)8-6-12/h2-9H,10H2,1H3. The highest BCUT2D eigenvalue weighted by atomic mass is 35.5. The number of benzene rings is 1. The van der Waals surface area contributed by atoms with Crippen molar-refractivity contribution in [1.29, 1.82) is 0 Å². The summed E-state index contributed by atoms with van der Waals surface area (Å²) in [6.45, 7) is 1.80. The molecule has 0 spiro atoms. The molecule has 7 nitrogen and oxygen atoms in total. The second-order valence-corrected chi connectivity index (χ2v) is 6.05. The quantitative estimate of drug-likeness (QED) is 0.511. The molecular weight excluding hydrogens is 356 g/mol. The molecule has 0 unspecified atom stereocenters. The normalized spacial score (nSPS) is 11.0. The van der Waals surface area contributed by atoms with Crippen LogP contribution in [-0.4, -0.2) is 25.5 Å². The van der Waals surface area contributed by atoms with Crippen LogP contribution in [0.25, 0.3) is 17.0 Å². The Morgan fingerprint density at radius 1 is 1.19 bits per heavy atom. The molecule has 0 amide bonds. The van der Waals surface area contributed by atoms with E-state index < -0.39 is 5.97 Å². The van der Waals surface area contributed by atoms with Crippen LogP contribution >= 0.6 is 11.6 Å². The van der Waals surface area contributed by atoms with Gasteiger partial charge in [-0.1, -0.05) is 22.8 Å². The molecule has 4 rings (SSSR count). The third-order valence-electron chi connectivity index (χ3n) is 3.80. The van der Waals surface area contributed by atoms with Crippen molar-refractivity contribution in [3.05, 3.63) is 71.0 Å². The molecule has 26 heavy (non-hydrogen) atoms. The zero-order valence-electron chi connectivity index (χ0n) is 13.7. The van der Waals surface area contributed by atoms with E-state index in [1.165, 1.54) is 0 Å². The minimum atomic E-state index is -0.556. The van der Waals surface area contributed by atoms with Crippen LogP contribution in [-0.2, 0) is 11.3 Å². The second-order valence-electron chi connectivity index (χ2n) is 5.62. The van der Waals surface area contributed by atoms with Gasteiger partial charge in [0.05, 0.1) is 0 Å². The van der Waals surface area contributed by atoms with Gasteiger partial charge in [-0.2, -0.15) is 4.98 Å². The van der Waals surface area contributed by atoms with Crippen LogP contribution < -0.4 is 0 Å². The predicted molar refractivity (Wildman–Crippen MR) is 93.8 cm³/mol. The summed E-state index contributed by atoms with van der Waals surface area (Å²) in [4.78, 5) is 20.7. The minimum absolute atomic E-state index is 0.133. The zero-order valence-corrected chi connectivity index (χ0v) is 14.5. The highest BCUT2D eigenvalue weighted by molar-refractivity contribution is 6.30. The molecule has 1 aromatic carbocycles. The molecule has 0 N–H and O–H groups in total. The number of esters is 1. The third-order valence-corrected chi connectivity index (χ3v) is 4.05. The Labute approximate surface area is 153 Å². The fourth-order valence-corrected chi connectivity index (χ4v) is 2.60. The highest BCUT2D eigenvalue weighted by Crippen LogP contribution is 2.19. The molecule has 0 atom stereocenters. The van der Waals surface area contributed by atoms with Crippen LogP contribution in [0.4, 0.5) is 0 Å². The number of rotatable bonds is 4. The molecule has 0 aliphatic carbocycles. The monoisotopic (exact) mass is 368 g/mol. The maximum Gasteiger partial charge on any atom is 0.359 e. The Morgan fingerprint density at radius 3 is 2.77 bits per heavy atom. The third kappa shape index (κ3) is 3.16. The van der Waals surface area contributed by atoms with Crippen molar-refractivity contribution in [1.82, 2.24) is 19.5 Å². The average molecular weight is 369 g/mol.